The van der Waals surface area contributed by atoms with Crippen LogP contribution in [-0.4, -0.2) is 15.4 Å². The molecule has 1 heterocycles. The van der Waals surface area contributed by atoms with Gasteiger partial charge in [0.25, 0.3) is 0 Å². The Kier molecular flexibility index (Phi) is 2.44. The van der Waals surface area contributed by atoms with E-state index in [4.69, 9.17) is 16.8 Å². The molecule has 0 saturated carbocycles. The van der Waals surface area contributed by atoms with Crippen molar-refractivity contribution in [3.05, 3.63) is 29.6 Å². The molecule has 0 amide bonds. The van der Waals surface area contributed by atoms with Crippen LogP contribution >= 0.6 is 11.6 Å². The molecule has 1 aromatic heterocycles. The van der Waals surface area contributed by atoms with Crippen LogP contribution in [0.2, 0.25) is 0 Å². The first-order valence-corrected chi connectivity index (χ1v) is 3.43. The number of pyridine rings is 1. The van der Waals surface area contributed by atoms with E-state index in [-0.39, 0.29) is 5.17 Å². The minimum absolute atomic E-state index is 0.0654. The minimum Gasteiger partial charge on any atom is -0.410 e. The van der Waals surface area contributed by atoms with E-state index < -0.39 is 0 Å². The van der Waals surface area contributed by atoms with Crippen LogP contribution in [0.5, 0.6) is 0 Å². The van der Waals surface area contributed by atoms with Crippen molar-refractivity contribution in [3.8, 4) is 0 Å². The number of hydrogen-bond donors (Lipinski definition) is 1. The third-order valence-electron chi connectivity index (χ3n) is 1.32. The minimum atomic E-state index is 0.0654. The third kappa shape index (κ3) is 1.68. The standard InChI is InChI=1S/C7H7ClN2O/c1-5-6(7(8)10-11)3-2-4-9-5/h2-4,11H,1H3. The highest BCUT2D eigenvalue weighted by molar-refractivity contribution is 6.69. The summed E-state index contributed by atoms with van der Waals surface area (Å²) in [5, 5.41) is 11.3. The van der Waals surface area contributed by atoms with Crippen molar-refractivity contribution in [1.29, 1.82) is 0 Å². The van der Waals surface area contributed by atoms with Gasteiger partial charge in [-0.05, 0) is 19.1 Å². The molecule has 4 heteroatoms. The zero-order valence-corrected chi connectivity index (χ0v) is 6.71. The Morgan fingerprint density at radius 3 is 3.00 bits per heavy atom. The lowest BCUT2D eigenvalue weighted by Crippen LogP contribution is -1.96. The van der Waals surface area contributed by atoms with Crippen molar-refractivity contribution < 1.29 is 5.21 Å². The van der Waals surface area contributed by atoms with Crippen molar-refractivity contribution in [3.63, 3.8) is 0 Å². The van der Waals surface area contributed by atoms with Gasteiger partial charge in [0.2, 0.25) is 0 Å². The van der Waals surface area contributed by atoms with Gasteiger partial charge in [-0.1, -0.05) is 16.8 Å². The number of halogens is 1. The smallest absolute Gasteiger partial charge is 0.177 e. The lowest BCUT2D eigenvalue weighted by Gasteiger charge is -1.98. The molecule has 0 bridgehead atoms. The molecule has 1 aromatic rings. The van der Waals surface area contributed by atoms with Gasteiger partial charge in [0.1, 0.15) is 0 Å². The largest absolute Gasteiger partial charge is 0.410 e. The summed E-state index contributed by atoms with van der Waals surface area (Å²) in [6.45, 7) is 1.79. The average Bonchev–Trinajstić information content (AvgIpc) is 2.04. The Hall–Kier alpha value is -1.09. The first-order chi connectivity index (χ1) is 5.25. The molecule has 0 aliphatic carbocycles. The molecule has 58 valence electrons. The van der Waals surface area contributed by atoms with E-state index in [0.717, 1.165) is 5.69 Å². The van der Waals surface area contributed by atoms with E-state index in [1.54, 1.807) is 25.3 Å². The number of hydrogen-bond acceptors (Lipinski definition) is 3. The maximum Gasteiger partial charge on any atom is 0.177 e. The van der Waals surface area contributed by atoms with Crippen LogP contribution in [0.3, 0.4) is 0 Å². The fourth-order valence-electron chi connectivity index (χ4n) is 0.756. The van der Waals surface area contributed by atoms with Crippen LogP contribution in [-0.2, 0) is 0 Å². The van der Waals surface area contributed by atoms with Crippen molar-refractivity contribution in [2.45, 2.75) is 6.92 Å². The average molecular weight is 171 g/mol. The Bertz CT molecular complexity index is 286. The molecule has 11 heavy (non-hydrogen) atoms. The number of nitrogens with zero attached hydrogens (tertiary/aromatic N) is 2. The monoisotopic (exact) mass is 170 g/mol. The SMILES string of the molecule is Cc1ncccc1C(Cl)=NO. The van der Waals surface area contributed by atoms with Crippen molar-refractivity contribution in [1.82, 2.24) is 4.98 Å². The van der Waals surface area contributed by atoms with Gasteiger partial charge in [-0.3, -0.25) is 4.98 Å². The molecule has 0 atom stereocenters. The molecule has 0 radical (unpaired) electrons. The second-order valence-electron chi connectivity index (χ2n) is 2.03. The topological polar surface area (TPSA) is 45.5 Å². The summed E-state index contributed by atoms with van der Waals surface area (Å²) in [5.41, 5.74) is 1.40. The quantitative estimate of drug-likeness (QED) is 0.397. The molecular weight excluding hydrogens is 164 g/mol. The van der Waals surface area contributed by atoms with Crippen LogP contribution in [0, 0.1) is 6.92 Å². The summed E-state index contributed by atoms with van der Waals surface area (Å²) in [6, 6.07) is 3.47. The molecule has 1 N–H and O–H groups in total. The predicted molar refractivity (Wildman–Crippen MR) is 43.2 cm³/mol. The second-order valence-corrected chi connectivity index (χ2v) is 2.39. The first kappa shape index (κ1) is 8.01. The Morgan fingerprint density at radius 2 is 2.45 bits per heavy atom. The van der Waals surface area contributed by atoms with E-state index in [1.807, 2.05) is 0 Å². The maximum absolute atomic E-state index is 8.34. The molecule has 0 saturated heterocycles. The summed E-state index contributed by atoms with van der Waals surface area (Å²) in [4.78, 5) is 3.97. The van der Waals surface area contributed by atoms with E-state index in [0.29, 0.717) is 5.56 Å². The van der Waals surface area contributed by atoms with Crippen molar-refractivity contribution in [2.75, 3.05) is 0 Å². The van der Waals surface area contributed by atoms with Gasteiger partial charge in [0.15, 0.2) is 5.17 Å². The summed E-state index contributed by atoms with van der Waals surface area (Å²) in [6.07, 6.45) is 1.65. The second kappa shape index (κ2) is 3.34. The van der Waals surface area contributed by atoms with E-state index in [2.05, 4.69) is 10.1 Å². The zero-order chi connectivity index (χ0) is 8.27. The molecule has 0 aliphatic rings. The van der Waals surface area contributed by atoms with E-state index >= 15 is 0 Å². The highest BCUT2D eigenvalue weighted by Crippen LogP contribution is 2.07. The van der Waals surface area contributed by atoms with Crippen molar-refractivity contribution in [2.24, 2.45) is 5.16 Å². The van der Waals surface area contributed by atoms with Gasteiger partial charge in [-0.2, -0.15) is 0 Å². The van der Waals surface area contributed by atoms with Gasteiger partial charge in [0.05, 0.1) is 0 Å². The molecule has 0 aromatic carbocycles. The van der Waals surface area contributed by atoms with Gasteiger partial charge < -0.3 is 5.21 Å². The maximum atomic E-state index is 8.34. The lowest BCUT2D eigenvalue weighted by molar-refractivity contribution is 0.321. The lowest BCUT2D eigenvalue weighted by atomic mass is 10.2. The Balaban J connectivity index is 3.14. The number of aromatic nitrogens is 1. The number of oxime groups is 1. The number of rotatable bonds is 1. The molecular formula is C7H7ClN2O. The molecule has 1 rings (SSSR count). The van der Waals surface area contributed by atoms with E-state index in [1.165, 1.54) is 0 Å². The first-order valence-electron chi connectivity index (χ1n) is 3.05. The van der Waals surface area contributed by atoms with Crippen LogP contribution in [0.1, 0.15) is 11.3 Å². The zero-order valence-electron chi connectivity index (χ0n) is 5.95. The molecule has 0 unspecified atom stereocenters. The predicted octanol–water partition coefficient (Wildman–Crippen LogP) is 1.76. The van der Waals surface area contributed by atoms with Crippen LogP contribution in [0.15, 0.2) is 23.5 Å². The van der Waals surface area contributed by atoms with Gasteiger partial charge >= 0.3 is 0 Å². The number of aryl methyl sites for hydroxylation is 1. The normalized spacial score (nSPS) is 11.6. The van der Waals surface area contributed by atoms with Crippen LogP contribution < -0.4 is 0 Å². The third-order valence-corrected chi connectivity index (χ3v) is 1.60. The summed E-state index contributed by atoms with van der Waals surface area (Å²) in [7, 11) is 0. The molecule has 0 fully saturated rings. The van der Waals surface area contributed by atoms with Gasteiger partial charge in [-0.25, -0.2) is 0 Å². The van der Waals surface area contributed by atoms with Crippen LogP contribution in [0.25, 0.3) is 0 Å². The van der Waals surface area contributed by atoms with Gasteiger partial charge in [0, 0.05) is 17.5 Å². The molecule has 0 spiro atoms. The highest BCUT2D eigenvalue weighted by Gasteiger charge is 2.02. The Morgan fingerprint density at radius 1 is 1.73 bits per heavy atom. The summed E-state index contributed by atoms with van der Waals surface area (Å²) < 4.78 is 0. The Labute approximate surface area is 69.3 Å². The molecule has 0 aliphatic heterocycles. The van der Waals surface area contributed by atoms with Crippen molar-refractivity contribution >= 4 is 16.8 Å². The highest BCUT2D eigenvalue weighted by atomic mass is 35.5. The van der Waals surface area contributed by atoms with Crippen LogP contribution in [0.4, 0.5) is 0 Å². The molecule has 3 nitrogen and oxygen atoms in total. The summed E-state index contributed by atoms with van der Waals surface area (Å²) >= 11 is 5.56. The summed E-state index contributed by atoms with van der Waals surface area (Å²) in [5.74, 6) is 0. The van der Waals surface area contributed by atoms with Gasteiger partial charge in [-0.15, -0.1) is 0 Å². The van der Waals surface area contributed by atoms with E-state index in [9.17, 15) is 0 Å². The fraction of sp³-hybridized carbons (Fsp3) is 0.143. The fourth-order valence-corrected chi connectivity index (χ4v) is 0.956.